The van der Waals surface area contributed by atoms with Crippen molar-refractivity contribution in [1.82, 2.24) is 9.80 Å². The van der Waals surface area contributed by atoms with E-state index in [0.29, 0.717) is 38.2 Å². The van der Waals surface area contributed by atoms with Gasteiger partial charge in [-0.2, -0.15) is 0 Å². The second kappa shape index (κ2) is 9.58. The number of fused-ring (bicyclic) bond motifs is 1. The molecule has 2 saturated heterocycles. The van der Waals surface area contributed by atoms with Gasteiger partial charge in [0.05, 0.1) is 31.8 Å². The first-order valence-corrected chi connectivity index (χ1v) is 11.2. The predicted molar refractivity (Wildman–Crippen MR) is 115 cm³/mol. The van der Waals surface area contributed by atoms with E-state index in [1.165, 1.54) is 7.11 Å². The minimum atomic E-state index is -0.606. The van der Waals surface area contributed by atoms with Crippen molar-refractivity contribution in [3.05, 3.63) is 24.3 Å². The topological polar surface area (TPSA) is 79.4 Å². The summed E-state index contributed by atoms with van der Waals surface area (Å²) in [6.45, 7) is 3.17. The fourth-order valence-corrected chi connectivity index (χ4v) is 4.70. The predicted octanol–water partition coefficient (Wildman–Crippen LogP) is 1.68. The number of esters is 1. The lowest BCUT2D eigenvalue weighted by Gasteiger charge is -2.39. The van der Waals surface area contributed by atoms with Crippen molar-refractivity contribution in [3.63, 3.8) is 0 Å². The van der Waals surface area contributed by atoms with E-state index in [9.17, 15) is 14.4 Å². The zero-order valence-electron chi connectivity index (χ0n) is 18.1. The fourth-order valence-electron chi connectivity index (χ4n) is 4.70. The van der Waals surface area contributed by atoms with E-state index in [1.807, 2.05) is 34.1 Å². The summed E-state index contributed by atoms with van der Waals surface area (Å²) in [6.07, 6.45) is 3.84. The molecule has 0 aromatic heterocycles. The zero-order chi connectivity index (χ0) is 21.8. The lowest BCUT2D eigenvalue weighted by molar-refractivity contribution is -0.148. The van der Waals surface area contributed by atoms with E-state index in [1.54, 1.807) is 4.90 Å². The van der Waals surface area contributed by atoms with Gasteiger partial charge in [0.2, 0.25) is 5.91 Å². The van der Waals surface area contributed by atoms with Crippen LogP contribution in [-0.2, 0) is 19.1 Å². The Labute approximate surface area is 183 Å². The third kappa shape index (κ3) is 4.78. The van der Waals surface area contributed by atoms with Crippen molar-refractivity contribution in [2.24, 2.45) is 5.92 Å². The normalized spacial score (nSPS) is 21.8. The Morgan fingerprint density at radius 2 is 1.71 bits per heavy atom. The standard InChI is InChI=1S/C23H31N3O5/c1-30-23(29)17-9-13-24(14-10-17)21(27)16-26-15-20(22(28)25-11-5-2-6-12-25)31-19-8-4-3-7-18(19)26/h3-4,7-8,17,20H,2,5-6,9-16H2,1H3. The van der Waals surface area contributed by atoms with Crippen molar-refractivity contribution >= 4 is 23.5 Å². The molecule has 0 aliphatic carbocycles. The molecular formula is C23H31N3O5. The number of piperidine rings is 2. The molecule has 0 bridgehead atoms. The molecule has 1 atom stereocenters. The van der Waals surface area contributed by atoms with Gasteiger partial charge in [-0.25, -0.2) is 0 Å². The number of hydrogen-bond donors (Lipinski definition) is 0. The number of methoxy groups -OCH3 is 1. The number of carbonyl (C=O) groups excluding carboxylic acids is 3. The molecule has 2 amide bonds. The highest BCUT2D eigenvalue weighted by atomic mass is 16.5. The van der Waals surface area contributed by atoms with Crippen LogP contribution in [0.3, 0.4) is 0 Å². The quantitative estimate of drug-likeness (QED) is 0.678. The van der Waals surface area contributed by atoms with Gasteiger partial charge in [-0.3, -0.25) is 14.4 Å². The monoisotopic (exact) mass is 429 g/mol. The van der Waals surface area contributed by atoms with Crippen LogP contribution in [0.5, 0.6) is 5.75 Å². The SMILES string of the molecule is COC(=O)C1CCN(C(=O)CN2CC(C(=O)N3CCCCC3)Oc3ccccc32)CC1. The molecule has 3 heterocycles. The Kier molecular flexibility index (Phi) is 6.63. The number of nitrogens with zero attached hydrogens (tertiary/aromatic N) is 3. The molecular weight excluding hydrogens is 398 g/mol. The molecule has 8 nitrogen and oxygen atoms in total. The van der Waals surface area contributed by atoms with Crippen LogP contribution in [0.25, 0.3) is 0 Å². The fraction of sp³-hybridized carbons (Fsp3) is 0.609. The van der Waals surface area contributed by atoms with Gasteiger partial charge in [0.25, 0.3) is 5.91 Å². The lowest BCUT2D eigenvalue weighted by Crippen LogP contribution is -2.53. The van der Waals surface area contributed by atoms with Gasteiger partial charge in [0, 0.05) is 26.2 Å². The summed E-state index contributed by atoms with van der Waals surface area (Å²) in [5.74, 6) is 0.314. The van der Waals surface area contributed by atoms with Crippen LogP contribution in [0.4, 0.5) is 5.69 Å². The molecule has 0 saturated carbocycles. The number of amides is 2. The molecule has 168 valence electrons. The van der Waals surface area contributed by atoms with Crippen molar-refractivity contribution in [1.29, 1.82) is 0 Å². The average Bonchev–Trinajstić information content (AvgIpc) is 2.83. The molecule has 8 heteroatoms. The third-order valence-corrected chi connectivity index (χ3v) is 6.51. The van der Waals surface area contributed by atoms with E-state index >= 15 is 0 Å². The minimum absolute atomic E-state index is 0.00388. The van der Waals surface area contributed by atoms with Gasteiger partial charge in [0.15, 0.2) is 6.10 Å². The second-order valence-corrected chi connectivity index (χ2v) is 8.52. The molecule has 3 aliphatic rings. The highest BCUT2D eigenvalue weighted by Crippen LogP contribution is 2.34. The number of benzene rings is 1. The number of hydrogen-bond acceptors (Lipinski definition) is 6. The highest BCUT2D eigenvalue weighted by molar-refractivity contribution is 5.86. The number of ether oxygens (including phenoxy) is 2. The van der Waals surface area contributed by atoms with Gasteiger partial charge in [-0.1, -0.05) is 12.1 Å². The van der Waals surface area contributed by atoms with Crippen LogP contribution >= 0.6 is 0 Å². The summed E-state index contributed by atoms with van der Waals surface area (Å²) in [5, 5.41) is 0. The van der Waals surface area contributed by atoms with Crippen molar-refractivity contribution in [3.8, 4) is 5.75 Å². The van der Waals surface area contributed by atoms with Crippen molar-refractivity contribution in [2.75, 3.05) is 51.3 Å². The summed E-state index contributed by atoms with van der Waals surface area (Å²) >= 11 is 0. The van der Waals surface area contributed by atoms with Gasteiger partial charge < -0.3 is 24.2 Å². The summed E-state index contributed by atoms with van der Waals surface area (Å²) in [5.41, 5.74) is 0.836. The van der Waals surface area contributed by atoms with E-state index < -0.39 is 6.10 Å². The van der Waals surface area contributed by atoms with E-state index in [4.69, 9.17) is 9.47 Å². The van der Waals surface area contributed by atoms with Crippen LogP contribution in [0, 0.1) is 5.92 Å². The van der Waals surface area contributed by atoms with Crippen LogP contribution < -0.4 is 9.64 Å². The van der Waals surface area contributed by atoms with Gasteiger partial charge in [0.1, 0.15) is 5.75 Å². The summed E-state index contributed by atoms with van der Waals surface area (Å²) in [4.78, 5) is 43.5. The van der Waals surface area contributed by atoms with Crippen LogP contribution in [0.2, 0.25) is 0 Å². The maximum Gasteiger partial charge on any atom is 0.308 e. The Morgan fingerprint density at radius 3 is 2.42 bits per heavy atom. The first kappa shape index (κ1) is 21.5. The van der Waals surface area contributed by atoms with E-state index in [2.05, 4.69) is 0 Å². The highest BCUT2D eigenvalue weighted by Gasteiger charge is 2.36. The molecule has 0 radical (unpaired) electrons. The van der Waals surface area contributed by atoms with Gasteiger partial charge in [-0.15, -0.1) is 0 Å². The van der Waals surface area contributed by atoms with Gasteiger partial charge >= 0.3 is 5.97 Å². The maximum absolute atomic E-state index is 13.1. The number of likely N-dealkylation sites (tertiary alicyclic amines) is 2. The van der Waals surface area contributed by atoms with Gasteiger partial charge in [-0.05, 0) is 44.2 Å². The molecule has 4 rings (SSSR count). The summed E-state index contributed by atoms with van der Waals surface area (Å²) in [7, 11) is 1.40. The molecule has 1 unspecified atom stereocenters. The molecule has 1 aromatic rings. The van der Waals surface area contributed by atoms with Crippen LogP contribution in [0.15, 0.2) is 24.3 Å². The first-order chi connectivity index (χ1) is 15.1. The van der Waals surface area contributed by atoms with Crippen LogP contribution in [-0.4, -0.2) is 80.1 Å². The summed E-state index contributed by atoms with van der Waals surface area (Å²) in [6, 6.07) is 7.57. The Balaban J connectivity index is 1.42. The molecule has 0 N–H and O–H groups in total. The Hall–Kier alpha value is -2.77. The first-order valence-electron chi connectivity index (χ1n) is 11.2. The minimum Gasteiger partial charge on any atom is -0.477 e. The number of para-hydroxylation sites is 2. The Morgan fingerprint density at radius 1 is 1.00 bits per heavy atom. The number of carbonyl (C=O) groups is 3. The number of anilines is 1. The second-order valence-electron chi connectivity index (χ2n) is 8.52. The largest absolute Gasteiger partial charge is 0.477 e. The Bertz CT molecular complexity index is 815. The van der Waals surface area contributed by atoms with Crippen molar-refractivity contribution in [2.45, 2.75) is 38.2 Å². The molecule has 3 aliphatic heterocycles. The molecule has 31 heavy (non-hydrogen) atoms. The summed E-state index contributed by atoms with van der Waals surface area (Å²) < 4.78 is 10.9. The molecule has 1 aromatic carbocycles. The third-order valence-electron chi connectivity index (χ3n) is 6.51. The van der Waals surface area contributed by atoms with E-state index in [-0.39, 0.29) is 30.2 Å². The lowest BCUT2D eigenvalue weighted by atomic mass is 9.97. The maximum atomic E-state index is 13.1. The molecule has 0 spiro atoms. The van der Waals surface area contributed by atoms with Crippen LogP contribution in [0.1, 0.15) is 32.1 Å². The zero-order valence-corrected chi connectivity index (χ0v) is 18.1. The molecule has 2 fully saturated rings. The van der Waals surface area contributed by atoms with Crippen molar-refractivity contribution < 1.29 is 23.9 Å². The average molecular weight is 430 g/mol. The smallest absolute Gasteiger partial charge is 0.308 e. The number of rotatable bonds is 4. The van der Waals surface area contributed by atoms with E-state index in [0.717, 1.165) is 38.0 Å².